The van der Waals surface area contributed by atoms with Crippen LogP contribution < -0.4 is 5.32 Å². The first kappa shape index (κ1) is 15.9. The molecule has 1 aromatic heterocycles. The van der Waals surface area contributed by atoms with E-state index in [4.69, 9.17) is 0 Å². The minimum absolute atomic E-state index is 0.134. The Hall–Kier alpha value is -1.59. The molecule has 6 heteroatoms. The molecular weight excluding hydrogens is 302 g/mol. The summed E-state index contributed by atoms with van der Waals surface area (Å²) in [6.45, 7) is 2.64. The Kier molecular flexibility index (Phi) is 4.72. The molecule has 1 N–H and O–H groups in total. The quantitative estimate of drug-likeness (QED) is 0.871. The summed E-state index contributed by atoms with van der Waals surface area (Å²) in [4.78, 5) is 14.9. The number of aromatic nitrogens is 3. The number of nitrogens with one attached hydrogen (secondary N) is 1. The van der Waals surface area contributed by atoms with Gasteiger partial charge in [0.25, 0.3) is 0 Å². The number of rotatable bonds is 6. The first-order valence-electron chi connectivity index (χ1n) is 9.76. The highest BCUT2D eigenvalue weighted by Crippen LogP contribution is 2.32. The van der Waals surface area contributed by atoms with Crippen molar-refractivity contribution in [3.8, 4) is 0 Å². The average Bonchev–Trinajstić information content (AvgIpc) is 3.17. The molecule has 0 unspecified atom stereocenters. The van der Waals surface area contributed by atoms with Crippen LogP contribution in [0.1, 0.15) is 63.0 Å². The maximum Gasteiger partial charge on any atom is 0.317 e. The third kappa shape index (κ3) is 3.57. The number of nitrogens with zero attached hydrogens (tertiary/aromatic N) is 4. The van der Waals surface area contributed by atoms with Crippen LogP contribution >= 0.6 is 0 Å². The van der Waals surface area contributed by atoms with Gasteiger partial charge in [-0.3, -0.25) is 0 Å². The van der Waals surface area contributed by atoms with Crippen LogP contribution in [0.4, 0.5) is 4.79 Å². The molecule has 24 heavy (non-hydrogen) atoms. The largest absolute Gasteiger partial charge is 0.338 e. The average molecular weight is 331 g/mol. The lowest BCUT2D eigenvalue weighted by Crippen LogP contribution is -2.48. The maximum absolute atomic E-state index is 12.7. The van der Waals surface area contributed by atoms with Gasteiger partial charge in [-0.05, 0) is 38.0 Å². The number of carbonyl (C=O) groups excluding carboxylic acids is 1. The molecule has 2 fully saturated rings. The molecule has 3 aliphatic rings. The fourth-order valence-corrected chi connectivity index (χ4v) is 4.15. The molecular formula is C18H29N5O. The molecule has 1 aromatic rings. The zero-order chi connectivity index (χ0) is 16.4. The summed E-state index contributed by atoms with van der Waals surface area (Å²) in [5, 5.41) is 11.7. The molecule has 4 rings (SSSR count). The van der Waals surface area contributed by atoms with E-state index in [1.165, 1.54) is 51.4 Å². The highest BCUT2D eigenvalue weighted by Gasteiger charge is 2.31. The Labute approximate surface area is 144 Å². The lowest BCUT2D eigenvalue weighted by Gasteiger charge is -2.34. The van der Waals surface area contributed by atoms with Crippen molar-refractivity contribution in [1.82, 2.24) is 25.0 Å². The molecule has 0 aromatic carbocycles. The number of fused-ring (bicyclic) bond motifs is 1. The number of carbonyl (C=O) groups is 1. The Balaban J connectivity index is 1.30. The molecule has 6 nitrogen and oxygen atoms in total. The molecule has 0 bridgehead atoms. The van der Waals surface area contributed by atoms with Gasteiger partial charge in [0, 0.05) is 38.5 Å². The SMILES string of the molecule is O=C(NCCc1nnc2n1CCC2)N(CC1CC1)C1CCCCC1. The van der Waals surface area contributed by atoms with Crippen LogP contribution in [-0.4, -0.2) is 44.8 Å². The van der Waals surface area contributed by atoms with Gasteiger partial charge >= 0.3 is 6.03 Å². The van der Waals surface area contributed by atoms with Gasteiger partial charge in [0.05, 0.1) is 0 Å². The Bertz CT molecular complexity index is 574. The summed E-state index contributed by atoms with van der Waals surface area (Å²) in [6, 6.07) is 0.589. The first-order valence-corrected chi connectivity index (χ1v) is 9.76. The van der Waals surface area contributed by atoms with Gasteiger partial charge in [0.1, 0.15) is 11.6 Å². The summed E-state index contributed by atoms with van der Waals surface area (Å²) in [5.74, 6) is 2.88. The minimum Gasteiger partial charge on any atom is -0.338 e. The van der Waals surface area contributed by atoms with Crippen LogP contribution in [-0.2, 0) is 19.4 Å². The zero-order valence-corrected chi connectivity index (χ0v) is 14.5. The minimum atomic E-state index is 0.134. The van der Waals surface area contributed by atoms with Crippen LogP contribution in [0.2, 0.25) is 0 Å². The van der Waals surface area contributed by atoms with Gasteiger partial charge in [0.15, 0.2) is 0 Å². The van der Waals surface area contributed by atoms with E-state index < -0.39 is 0 Å². The summed E-state index contributed by atoms with van der Waals surface area (Å²) in [7, 11) is 0. The van der Waals surface area contributed by atoms with Gasteiger partial charge in [-0.1, -0.05) is 19.3 Å². The third-order valence-corrected chi connectivity index (χ3v) is 5.74. The Morgan fingerprint density at radius 3 is 2.75 bits per heavy atom. The summed E-state index contributed by atoms with van der Waals surface area (Å²) < 4.78 is 2.22. The van der Waals surface area contributed by atoms with Crippen LogP contribution in [0.25, 0.3) is 0 Å². The molecule has 0 spiro atoms. The van der Waals surface area contributed by atoms with Gasteiger partial charge in [-0.25, -0.2) is 4.79 Å². The van der Waals surface area contributed by atoms with E-state index in [2.05, 4.69) is 25.0 Å². The molecule has 2 saturated carbocycles. The molecule has 2 aliphatic carbocycles. The molecule has 2 amide bonds. The number of hydrogen-bond donors (Lipinski definition) is 1. The lowest BCUT2D eigenvalue weighted by molar-refractivity contribution is 0.152. The Morgan fingerprint density at radius 2 is 1.96 bits per heavy atom. The van der Waals surface area contributed by atoms with Gasteiger partial charge in [-0.15, -0.1) is 10.2 Å². The van der Waals surface area contributed by atoms with Gasteiger partial charge in [0.2, 0.25) is 0 Å². The Morgan fingerprint density at radius 1 is 1.12 bits per heavy atom. The first-order chi connectivity index (χ1) is 11.8. The van der Waals surface area contributed by atoms with Crippen LogP contribution in [0.5, 0.6) is 0 Å². The van der Waals surface area contributed by atoms with Gasteiger partial charge in [-0.2, -0.15) is 0 Å². The van der Waals surface area contributed by atoms with Crippen molar-refractivity contribution < 1.29 is 4.79 Å². The van der Waals surface area contributed by atoms with Crippen LogP contribution in [0.3, 0.4) is 0 Å². The predicted octanol–water partition coefficient (Wildman–Crippen LogP) is 2.52. The predicted molar refractivity (Wildman–Crippen MR) is 91.7 cm³/mol. The normalized spacial score (nSPS) is 20.8. The number of amides is 2. The van der Waals surface area contributed by atoms with E-state index in [0.29, 0.717) is 12.6 Å². The summed E-state index contributed by atoms with van der Waals surface area (Å²) >= 11 is 0. The summed E-state index contributed by atoms with van der Waals surface area (Å²) in [6.07, 6.45) is 11.8. The molecule has 1 aliphatic heterocycles. The second kappa shape index (κ2) is 7.11. The fraction of sp³-hybridized carbons (Fsp3) is 0.833. The van der Waals surface area contributed by atoms with Crippen molar-refractivity contribution in [3.63, 3.8) is 0 Å². The van der Waals surface area contributed by atoms with Crippen LogP contribution in [0.15, 0.2) is 0 Å². The molecule has 0 atom stereocenters. The van der Waals surface area contributed by atoms with E-state index >= 15 is 0 Å². The number of urea groups is 1. The van der Waals surface area contributed by atoms with Crippen molar-refractivity contribution in [2.45, 2.75) is 76.8 Å². The highest BCUT2D eigenvalue weighted by atomic mass is 16.2. The van der Waals surface area contributed by atoms with Crippen molar-refractivity contribution >= 4 is 6.03 Å². The number of aryl methyl sites for hydroxylation is 1. The molecule has 0 saturated heterocycles. The van der Waals surface area contributed by atoms with Crippen molar-refractivity contribution in [3.05, 3.63) is 11.6 Å². The van der Waals surface area contributed by atoms with Crippen molar-refractivity contribution in [2.75, 3.05) is 13.1 Å². The van der Waals surface area contributed by atoms with E-state index in [-0.39, 0.29) is 6.03 Å². The van der Waals surface area contributed by atoms with E-state index in [1.807, 2.05) is 0 Å². The number of hydrogen-bond acceptors (Lipinski definition) is 3. The fourth-order valence-electron chi connectivity index (χ4n) is 4.15. The molecule has 0 radical (unpaired) electrons. The van der Waals surface area contributed by atoms with E-state index in [9.17, 15) is 4.79 Å². The molecule has 2 heterocycles. The molecule has 132 valence electrons. The van der Waals surface area contributed by atoms with Crippen LogP contribution in [0, 0.1) is 5.92 Å². The lowest BCUT2D eigenvalue weighted by atomic mass is 9.94. The monoisotopic (exact) mass is 331 g/mol. The zero-order valence-electron chi connectivity index (χ0n) is 14.5. The standard InChI is InChI=1S/C18H29N5O/c24-18(19-11-10-17-21-20-16-7-4-12-22(16)17)23(13-14-8-9-14)15-5-2-1-3-6-15/h14-15H,1-13H2,(H,19,24). The second-order valence-corrected chi connectivity index (χ2v) is 7.66. The van der Waals surface area contributed by atoms with Crippen molar-refractivity contribution in [1.29, 1.82) is 0 Å². The highest BCUT2D eigenvalue weighted by molar-refractivity contribution is 5.74. The topological polar surface area (TPSA) is 63.1 Å². The van der Waals surface area contributed by atoms with Crippen molar-refractivity contribution in [2.24, 2.45) is 5.92 Å². The third-order valence-electron chi connectivity index (χ3n) is 5.74. The van der Waals surface area contributed by atoms with Gasteiger partial charge < -0.3 is 14.8 Å². The van der Waals surface area contributed by atoms with E-state index in [0.717, 1.165) is 43.5 Å². The summed E-state index contributed by atoms with van der Waals surface area (Å²) in [5.41, 5.74) is 0. The smallest absolute Gasteiger partial charge is 0.317 e. The maximum atomic E-state index is 12.7. The second-order valence-electron chi connectivity index (χ2n) is 7.66. The van der Waals surface area contributed by atoms with E-state index in [1.54, 1.807) is 0 Å².